The fourth-order valence-electron chi connectivity index (χ4n) is 3.48. The minimum absolute atomic E-state index is 0.0152. The van der Waals surface area contributed by atoms with Crippen molar-refractivity contribution in [2.75, 3.05) is 20.8 Å². The number of ether oxygens (including phenoxy) is 2. The second kappa shape index (κ2) is 6.99. The van der Waals surface area contributed by atoms with Crippen molar-refractivity contribution in [3.63, 3.8) is 0 Å². The van der Waals surface area contributed by atoms with Crippen molar-refractivity contribution in [3.8, 4) is 11.5 Å². The van der Waals surface area contributed by atoms with Gasteiger partial charge in [0.05, 0.1) is 20.8 Å². The van der Waals surface area contributed by atoms with Crippen LogP contribution in [0.15, 0.2) is 18.2 Å². The number of benzene rings is 1. The molecular weight excluding hydrogens is 332 g/mol. The number of hydrogen-bond acceptors (Lipinski definition) is 5. The highest BCUT2D eigenvalue weighted by Gasteiger charge is 2.36. The SMILES string of the molecule is COc1ccc(OC)c(CN(C(=O)c2n[nH]c3c2CNCC3)C2CC2)c1. The molecule has 0 spiro atoms. The zero-order valence-corrected chi connectivity index (χ0v) is 15.2. The lowest BCUT2D eigenvalue weighted by atomic mass is 10.1. The largest absolute Gasteiger partial charge is 0.497 e. The Morgan fingerprint density at radius 3 is 2.88 bits per heavy atom. The van der Waals surface area contributed by atoms with Crippen LogP contribution in [0.3, 0.4) is 0 Å². The zero-order chi connectivity index (χ0) is 18.1. The van der Waals surface area contributed by atoms with E-state index in [-0.39, 0.29) is 11.9 Å². The van der Waals surface area contributed by atoms with E-state index in [9.17, 15) is 4.79 Å². The molecular formula is C19H24N4O3. The third-order valence-corrected chi connectivity index (χ3v) is 5.09. The van der Waals surface area contributed by atoms with Crippen LogP contribution in [-0.2, 0) is 19.5 Å². The number of aromatic amines is 1. The molecule has 2 aromatic rings. The number of nitrogens with one attached hydrogen (secondary N) is 2. The summed E-state index contributed by atoms with van der Waals surface area (Å²) >= 11 is 0. The Kier molecular flexibility index (Phi) is 4.55. The van der Waals surface area contributed by atoms with Gasteiger partial charge in [-0.1, -0.05) is 0 Å². The summed E-state index contributed by atoms with van der Waals surface area (Å²) in [5.74, 6) is 1.50. The summed E-state index contributed by atoms with van der Waals surface area (Å²) in [7, 11) is 3.28. The lowest BCUT2D eigenvalue weighted by molar-refractivity contribution is 0.0721. The Balaban J connectivity index is 1.63. The molecule has 1 aliphatic heterocycles. The van der Waals surface area contributed by atoms with Crippen molar-refractivity contribution in [1.82, 2.24) is 20.4 Å². The number of rotatable bonds is 6. The van der Waals surface area contributed by atoms with E-state index in [4.69, 9.17) is 9.47 Å². The number of H-pyrrole nitrogens is 1. The van der Waals surface area contributed by atoms with Gasteiger partial charge in [-0.05, 0) is 31.0 Å². The van der Waals surface area contributed by atoms with E-state index in [2.05, 4.69) is 15.5 Å². The summed E-state index contributed by atoms with van der Waals surface area (Å²) in [4.78, 5) is 15.2. The highest BCUT2D eigenvalue weighted by Crippen LogP contribution is 2.33. The Morgan fingerprint density at radius 2 is 2.15 bits per heavy atom. The third-order valence-electron chi connectivity index (χ3n) is 5.09. The van der Waals surface area contributed by atoms with Crippen LogP contribution in [0.5, 0.6) is 11.5 Å². The van der Waals surface area contributed by atoms with Gasteiger partial charge in [-0.15, -0.1) is 0 Å². The first-order valence-corrected chi connectivity index (χ1v) is 9.00. The van der Waals surface area contributed by atoms with E-state index in [1.807, 2.05) is 23.1 Å². The number of carbonyl (C=O) groups is 1. The predicted octanol–water partition coefficient (Wildman–Crippen LogP) is 1.88. The van der Waals surface area contributed by atoms with Crippen LogP contribution in [0.1, 0.15) is 40.2 Å². The van der Waals surface area contributed by atoms with Crippen LogP contribution in [-0.4, -0.2) is 47.8 Å². The number of nitrogens with zero attached hydrogens (tertiary/aromatic N) is 2. The number of amides is 1. The molecule has 0 bridgehead atoms. The molecule has 4 rings (SSSR count). The maximum Gasteiger partial charge on any atom is 0.275 e. The van der Waals surface area contributed by atoms with Crippen LogP contribution >= 0.6 is 0 Å². The predicted molar refractivity (Wildman–Crippen MR) is 96.4 cm³/mol. The minimum Gasteiger partial charge on any atom is -0.497 e. The molecule has 7 nitrogen and oxygen atoms in total. The summed E-state index contributed by atoms with van der Waals surface area (Å²) in [6.07, 6.45) is 2.94. The molecule has 1 fully saturated rings. The highest BCUT2D eigenvalue weighted by molar-refractivity contribution is 5.94. The molecule has 1 saturated carbocycles. The van der Waals surface area contributed by atoms with Gasteiger partial charge in [0, 0.05) is 42.4 Å². The fourth-order valence-corrected chi connectivity index (χ4v) is 3.48. The molecule has 1 aromatic heterocycles. The van der Waals surface area contributed by atoms with E-state index in [1.165, 1.54) is 0 Å². The summed E-state index contributed by atoms with van der Waals surface area (Å²) in [6, 6.07) is 5.94. The Morgan fingerprint density at radius 1 is 1.31 bits per heavy atom. The first kappa shape index (κ1) is 16.9. The Labute approximate surface area is 152 Å². The number of methoxy groups -OCH3 is 2. The maximum atomic E-state index is 13.3. The molecule has 0 radical (unpaired) electrons. The first-order chi connectivity index (χ1) is 12.7. The van der Waals surface area contributed by atoms with Gasteiger partial charge in [-0.2, -0.15) is 5.10 Å². The zero-order valence-electron chi connectivity index (χ0n) is 15.2. The summed E-state index contributed by atoms with van der Waals surface area (Å²) < 4.78 is 10.8. The molecule has 1 aromatic carbocycles. The van der Waals surface area contributed by atoms with E-state index < -0.39 is 0 Å². The van der Waals surface area contributed by atoms with E-state index in [1.54, 1.807) is 14.2 Å². The maximum absolute atomic E-state index is 13.3. The van der Waals surface area contributed by atoms with Gasteiger partial charge < -0.3 is 19.7 Å². The monoisotopic (exact) mass is 356 g/mol. The fraction of sp³-hybridized carbons (Fsp3) is 0.474. The Bertz CT molecular complexity index is 813. The minimum atomic E-state index is -0.0152. The van der Waals surface area contributed by atoms with Gasteiger partial charge in [0.1, 0.15) is 11.5 Å². The van der Waals surface area contributed by atoms with Gasteiger partial charge >= 0.3 is 0 Å². The molecule has 1 aliphatic carbocycles. The number of fused-ring (bicyclic) bond motifs is 1. The van der Waals surface area contributed by atoms with Crippen molar-refractivity contribution in [2.24, 2.45) is 0 Å². The van der Waals surface area contributed by atoms with Crippen molar-refractivity contribution < 1.29 is 14.3 Å². The average molecular weight is 356 g/mol. The molecule has 7 heteroatoms. The lowest BCUT2D eigenvalue weighted by Gasteiger charge is -2.24. The Hall–Kier alpha value is -2.54. The standard InChI is InChI=1S/C19H24N4O3/c1-25-14-5-6-17(26-2)12(9-14)11-23(13-3-4-13)19(24)18-15-10-20-8-7-16(15)21-22-18/h5-6,9,13,20H,3-4,7-8,10-11H2,1-2H3,(H,21,22). The average Bonchev–Trinajstić information content (AvgIpc) is 3.43. The van der Waals surface area contributed by atoms with Crippen LogP contribution in [0.2, 0.25) is 0 Å². The number of carbonyl (C=O) groups excluding carboxylic acids is 1. The smallest absolute Gasteiger partial charge is 0.275 e. The molecule has 1 amide bonds. The molecule has 2 N–H and O–H groups in total. The molecule has 0 atom stereocenters. The van der Waals surface area contributed by atoms with Crippen molar-refractivity contribution in [2.45, 2.75) is 38.4 Å². The molecule has 138 valence electrons. The molecule has 2 heterocycles. The first-order valence-electron chi connectivity index (χ1n) is 9.00. The summed E-state index contributed by atoms with van der Waals surface area (Å²) in [6.45, 7) is 2.09. The van der Waals surface area contributed by atoms with E-state index in [0.29, 0.717) is 18.8 Å². The van der Waals surface area contributed by atoms with Gasteiger partial charge in [0.15, 0.2) is 5.69 Å². The topological polar surface area (TPSA) is 79.5 Å². The van der Waals surface area contributed by atoms with Crippen LogP contribution < -0.4 is 14.8 Å². The lowest BCUT2D eigenvalue weighted by Crippen LogP contribution is -2.34. The van der Waals surface area contributed by atoms with Crippen molar-refractivity contribution >= 4 is 5.91 Å². The van der Waals surface area contributed by atoms with Gasteiger partial charge in [0.2, 0.25) is 0 Å². The quantitative estimate of drug-likeness (QED) is 0.826. The van der Waals surface area contributed by atoms with Crippen LogP contribution in [0.4, 0.5) is 0 Å². The van der Waals surface area contributed by atoms with Crippen molar-refractivity contribution in [3.05, 3.63) is 40.7 Å². The second-order valence-electron chi connectivity index (χ2n) is 6.80. The van der Waals surface area contributed by atoms with Crippen LogP contribution in [0, 0.1) is 0 Å². The second-order valence-corrected chi connectivity index (χ2v) is 6.80. The summed E-state index contributed by atoms with van der Waals surface area (Å²) in [5.41, 5.74) is 3.56. The molecule has 0 saturated heterocycles. The molecule has 0 unspecified atom stereocenters. The normalized spacial score (nSPS) is 16.1. The van der Waals surface area contributed by atoms with E-state index in [0.717, 1.165) is 54.1 Å². The van der Waals surface area contributed by atoms with Crippen molar-refractivity contribution in [1.29, 1.82) is 0 Å². The molecule has 2 aliphatic rings. The van der Waals surface area contributed by atoms with Gasteiger partial charge in [-0.3, -0.25) is 9.89 Å². The van der Waals surface area contributed by atoms with Gasteiger partial charge in [0.25, 0.3) is 5.91 Å². The third kappa shape index (κ3) is 3.14. The molecule has 26 heavy (non-hydrogen) atoms. The van der Waals surface area contributed by atoms with Gasteiger partial charge in [-0.25, -0.2) is 0 Å². The van der Waals surface area contributed by atoms with E-state index >= 15 is 0 Å². The van der Waals surface area contributed by atoms with Crippen LogP contribution in [0.25, 0.3) is 0 Å². The summed E-state index contributed by atoms with van der Waals surface area (Å²) in [5, 5.41) is 10.7. The number of aromatic nitrogens is 2. The number of hydrogen-bond donors (Lipinski definition) is 2. The highest BCUT2D eigenvalue weighted by atomic mass is 16.5.